The van der Waals surface area contributed by atoms with E-state index in [0.717, 1.165) is 12.8 Å². The topological polar surface area (TPSA) is 83.5 Å². The number of carbonyl (C=O) groups excluding carboxylic acids is 1. The summed E-state index contributed by atoms with van der Waals surface area (Å²) in [5.41, 5.74) is 0. The Kier molecular flexibility index (Phi) is 2.69. The summed E-state index contributed by atoms with van der Waals surface area (Å²) in [5.74, 6) is -0.832. The summed E-state index contributed by atoms with van der Waals surface area (Å²) in [6, 6.07) is 0. The highest BCUT2D eigenvalue weighted by Crippen LogP contribution is 2.24. The molecule has 6 heteroatoms. The zero-order valence-corrected chi connectivity index (χ0v) is 7.30. The predicted octanol–water partition coefficient (Wildman–Crippen LogP) is 0.0956. The molecule has 0 aliphatic heterocycles. The van der Waals surface area contributed by atoms with Gasteiger partial charge < -0.3 is 0 Å². The lowest BCUT2D eigenvalue weighted by molar-refractivity contribution is -0.123. The molecule has 0 heterocycles. The predicted molar refractivity (Wildman–Crippen MR) is 41.6 cm³/mol. The Morgan fingerprint density at radius 3 is 2.25 bits per heavy atom. The van der Waals surface area contributed by atoms with E-state index in [1.807, 2.05) is 0 Å². The van der Waals surface area contributed by atoms with E-state index in [4.69, 9.17) is 4.55 Å². The minimum Gasteiger partial charge on any atom is -0.274 e. The Morgan fingerprint density at radius 2 is 1.83 bits per heavy atom. The van der Waals surface area contributed by atoms with Crippen molar-refractivity contribution in [2.45, 2.75) is 25.7 Å². The van der Waals surface area contributed by atoms with Gasteiger partial charge in [-0.2, -0.15) is 8.42 Å². The molecule has 1 amide bonds. The Labute approximate surface area is 71.0 Å². The Balaban J connectivity index is 2.48. The van der Waals surface area contributed by atoms with Gasteiger partial charge in [0, 0.05) is 5.92 Å². The van der Waals surface area contributed by atoms with Crippen LogP contribution in [0.25, 0.3) is 0 Å². The lowest BCUT2D eigenvalue weighted by Crippen LogP contribution is -2.34. The molecule has 70 valence electrons. The number of hydrogen-bond acceptors (Lipinski definition) is 3. The van der Waals surface area contributed by atoms with E-state index in [2.05, 4.69) is 0 Å². The van der Waals surface area contributed by atoms with E-state index in [9.17, 15) is 13.2 Å². The Morgan fingerprint density at radius 1 is 1.33 bits per heavy atom. The van der Waals surface area contributed by atoms with Crippen LogP contribution in [0.4, 0.5) is 0 Å². The third-order valence-corrected chi connectivity index (χ3v) is 2.41. The van der Waals surface area contributed by atoms with Crippen LogP contribution >= 0.6 is 0 Å². The average molecular weight is 193 g/mol. The smallest absolute Gasteiger partial charge is 0.274 e. The normalized spacial score (nSPS) is 19.4. The molecule has 2 N–H and O–H groups in total. The van der Waals surface area contributed by atoms with Gasteiger partial charge in [-0.05, 0) is 12.8 Å². The van der Waals surface area contributed by atoms with Crippen LogP contribution in [0.15, 0.2) is 0 Å². The van der Waals surface area contributed by atoms with Gasteiger partial charge in [-0.15, -0.1) is 0 Å². The van der Waals surface area contributed by atoms with Crippen molar-refractivity contribution in [2.75, 3.05) is 0 Å². The van der Waals surface area contributed by atoms with Crippen LogP contribution in [0, 0.1) is 5.92 Å². The van der Waals surface area contributed by atoms with Crippen LogP contribution in [-0.2, 0) is 15.1 Å². The largest absolute Gasteiger partial charge is 0.359 e. The fourth-order valence-corrected chi connectivity index (χ4v) is 1.82. The molecule has 1 aliphatic rings. The molecule has 12 heavy (non-hydrogen) atoms. The van der Waals surface area contributed by atoms with Crippen LogP contribution in [-0.4, -0.2) is 18.9 Å². The van der Waals surface area contributed by atoms with Crippen LogP contribution in [0.3, 0.4) is 0 Å². The second-order valence-electron chi connectivity index (χ2n) is 2.92. The maximum absolute atomic E-state index is 11.0. The number of hydrogen-bond donors (Lipinski definition) is 2. The fraction of sp³-hybridized carbons (Fsp3) is 0.833. The summed E-state index contributed by atoms with van der Waals surface area (Å²) < 4.78 is 30.3. The maximum Gasteiger partial charge on any atom is 0.359 e. The van der Waals surface area contributed by atoms with Gasteiger partial charge in [-0.25, -0.2) is 4.72 Å². The molecule has 0 atom stereocenters. The maximum atomic E-state index is 11.0. The molecule has 0 spiro atoms. The second-order valence-corrected chi connectivity index (χ2v) is 4.08. The summed E-state index contributed by atoms with van der Waals surface area (Å²) in [7, 11) is -4.36. The van der Waals surface area contributed by atoms with Gasteiger partial charge in [0.05, 0.1) is 0 Å². The van der Waals surface area contributed by atoms with Gasteiger partial charge in [0.15, 0.2) is 0 Å². The van der Waals surface area contributed by atoms with Crippen molar-refractivity contribution in [3.63, 3.8) is 0 Å². The highest BCUT2D eigenvalue weighted by Gasteiger charge is 2.24. The first kappa shape index (κ1) is 9.47. The van der Waals surface area contributed by atoms with Crippen molar-refractivity contribution >= 4 is 16.2 Å². The Hall–Kier alpha value is -0.620. The molecule has 0 saturated heterocycles. The molecular formula is C6H11NO4S. The third-order valence-electron chi connectivity index (χ3n) is 1.96. The first-order valence-electron chi connectivity index (χ1n) is 3.78. The minimum atomic E-state index is -4.36. The number of amides is 1. The first-order valence-corrected chi connectivity index (χ1v) is 5.22. The Bertz CT molecular complexity index is 265. The van der Waals surface area contributed by atoms with Crippen molar-refractivity contribution in [3.8, 4) is 0 Å². The SMILES string of the molecule is O=C(NS(=O)(=O)O)C1CCCC1. The van der Waals surface area contributed by atoms with Gasteiger partial charge in [0.2, 0.25) is 5.91 Å². The zero-order chi connectivity index (χ0) is 9.19. The summed E-state index contributed by atoms with van der Waals surface area (Å²) in [5, 5.41) is 0. The molecule has 1 fully saturated rings. The monoisotopic (exact) mass is 193 g/mol. The van der Waals surface area contributed by atoms with Crippen LogP contribution in [0.5, 0.6) is 0 Å². The minimum absolute atomic E-state index is 0.244. The lowest BCUT2D eigenvalue weighted by atomic mass is 10.1. The van der Waals surface area contributed by atoms with E-state index in [1.165, 1.54) is 0 Å². The second kappa shape index (κ2) is 3.40. The molecule has 0 aromatic heterocycles. The number of carbonyl (C=O) groups is 1. The van der Waals surface area contributed by atoms with E-state index < -0.39 is 16.2 Å². The molecule has 1 saturated carbocycles. The van der Waals surface area contributed by atoms with Gasteiger partial charge >= 0.3 is 10.3 Å². The first-order chi connectivity index (χ1) is 5.49. The quantitative estimate of drug-likeness (QED) is 0.609. The highest BCUT2D eigenvalue weighted by molar-refractivity contribution is 7.84. The molecule has 1 aliphatic carbocycles. The summed E-state index contributed by atoms with van der Waals surface area (Å²) >= 11 is 0. The summed E-state index contributed by atoms with van der Waals surface area (Å²) in [6.07, 6.45) is 3.32. The fourth-order valence-electron chi connectivity index (χ4n) is 1.40. The summed E-state index contributed by atoms with van der Waals surface area (Å²) in [4.78, 5) is 11.0. The number of nitrogens with one attached hydrogen (secondary N) is 1. The van der Waals surface area contributed by atoms with Crippen LogP contribution < -0.4 is 4.72 Å². The third kappa shape index (κ3) is 2.78. The average Bonchev–Trinajstić information content (AvgIpc) is 2.32. The molecule has 0 unspecified atom stereocenters. The van der Waals surface area contributed by atoms with E-state index in [1.54, 1.807) is 4.72 Å². The van der Waals surface area contributed by atoms with Gasteiger partial charge in [0.1, 0.15) is 0 Å². The van der Waals surface area contributed by atoms with Crippen molar-refractivity contribution in [1.82, 2.24) is 4.72 Å². The van der Waals surface area contributed by atoms with Crippen molar-refractivity contribution in [3.05, 3.63) is 0 Å². The van der Waals surface area contributed by atoms with Gasteiger partial charge in [-0.3, -0.25) is 9.35 Å². The number of rotatable bonds is 2. The lowest BCUT2D eigenvalue weighted by Gasteiger charge is -2.06. The van der Waals surface area contributed by atoms with Crippen molar-refractivity contribution in [1.29, 1.82) is 0 Å². The molecule has 0 aromatic rings. The van der Waals surface area contributed by atoms with E-state index in [0.29, 0.717) is 12.8 Å². The van der Waals surface area contributed by atoms with E-state index in [-0.39, 0.29) is 5.92 Å². The van der Waals surface area contributed by atoms with Gasteiger partial charge in [-0.1, -0.05) is 12.8 Å². The zero-order valence-electron chi connectivity index (χ0n) is 6.49. The van der Waals surface area contributed by atoms with Crippen molar-refractivity contribution in [2.24, 2.45) is 5.92 Å². The van der Waals surface area contributed by atoms with Crippen LogP contribution in [0.1, 0.15) is 25.7 Å². The van der Waals surface area contributed by atoms with Gasteiger partial charge in [0.25, 0.3) is 0 Å². The molecule has 0 radical (unpaired) electrons. The van der Waals surface area contributed by atoms with Crippen molar-refractivity contribution < 1.29 is 17.8 Å². The summed E-state index contributed by atoms with van der Waals surface area (Å²) in [6.45, 7) is 0. The van der Waals surface area contributed by atoms with E-state index >= 15 is 0 Å². The van der Waals surface area contributed by atoms with Crippen LogP contribution in [0.2, 0.25) is 0 Å². The molecule has 1 rings (SSSR count). The molecule has 0 aromatic carbocycles. The highest BCUT2D eigenvalue weighted by atomic mass is 32.2. The molecule has 0 bridgehead atoms. The molecule has 5 nitrogen and oxygen atoms in total. The standard InChI is InChI=1S/C6H11NO4S/c8-6(7-12(9,10)11)5-3-1-2-4-5/h5H,1-4H2,(H,7,8)(H,9,10,11). The molecular weight excluding hydrogens is 182 g/mol.